The SMILES string of the molecule is CC(C)CONC(=O)C(C)C#N. The lowest BCUT2D eigenvalue weighted by Crippen LogP contribution is -2.29. The van der Waals surface area contributed by atoms with Gasteiger partial charge in [0.05, 0.1) is 12.7 Å². The highest BCUT2D eigenvalue weighted by Crippen LogP contribution is 1.93. The normalized spacial score (nSPS) is 12.2. The van der Waals surface area contributed by atoms with Crippen LogP contribution in [0.1, 0.15) is 20.8 Å². The van der Waals surface area contributed by atoms with E-state index in [1.165, 1.54) is 6.92 Å². The molecule has 12 heavy (non-hydrogen) atoms. The summed E-state index contributed by atoms with van der Waals surface area (Å²) < 4.78 is 0. The predicted octanol–water partition coefficient (Wildman–Crippen LogP) is 0.850. The molecule has 4 heteroatoms. The number of carbonyl (C=O) groups excluding carboxylic acids is 1. The monoisotopic (exact) mass is 170 g/mol. The van der Waals surface area contributed by atoms with Crippen molar-refractivity contribution in [1.82, 2.24) is 5.48 Å². The van der Waals surface area contributed by atoms with E-state index < -0.39 is 11.8 Å². The smallest absolute Gasteiger partial charge is 0.260 e. The fraction of sp³-hybridized carbons (Fsp3) is 0.750. The predicted molar refractivity (Wildman–Crippen MR) is 43.7 cm³/mol. The van der Waals surface area contributed by atoms with Crippen molar-refractivity contribution in [3.8, 4) is 6.07 Å². The molecular weight excluding hydrogens is 156 g/mol. The highest BCUT2D eigenvalue weighted by Gasteiger charge is 2.10. The second-order valence-corrected chi connectivity index (χ2v) is 3.02. The number of hydroxylamine groups is 1. The molecule has 0 heterocycles. The Morgan fingerprint density at radius 1 is 1.58 bits per heavy atom. The summed E-state index contributed by atoms with van der Waals surface area (Å²) in [6, 6.07) is 1.81. The molecular formula is C8H14N2O2. The summed E-state index contributed by atoms with van der Waals surface area (Å²) in [6.45, 7) is 5.93. The summed E-state index contributed by atoms with van der Waals surface area (Å²) in [7, 11) is 0. The molecule has 0 fully saturated rings. The third kappa shape index (κ3) is 4.69. The Kier molecular flexibility index (Phi) is 5.06. The summed E-state index contributed by atoms with van der Waals surface area (Å²) in [6.07, 6.45) is 0. The number of carbonyl (C=O) groups is 1. The largest absolute Gasteiger partial charge is 0.273 e. The van der Waals surface area contributed by atoms with Gasteiger partial charge in [-0.25, -0.2) is 5.48 Å². The lowest BCUT2D eigenvalue weighted by Gasteiger charge is -2.07. The standard InChI is InChI=1S/C8H14N2O2/c1-6(2)5-12-10-8(11)7(3)4-9/h6-7H,5H2,1-3H3,(H,10,11). The molecule has 0 saturated heterocycles. The van der Waals surface area contributed by atoms with Gasteiger partial charge in [-0.05, 0) is 12.8 Å². The van der Waals surface area contributed by atoms with Crippen LogP contribution in [0.5, 0.6) is 0 Å². The number of amides is 1. The van der Waals surface area contributed by atoms with Gasteiger partial charge in [-0.3, -0.25) is 9.63 Å². The Hall–Kier alpha value is -1.08. The number of hydrogen-bond donors (Lipinski definition) is 1. The van der Waals surface area contributed by atoms with Crippen molar-refractivity contribution in [2.24, 2.45) is 11.8 Å². The van der Waals surface area contributed by atoms with Crippen molar-refractivity contribution >= 4 is 5.91 Å². The Morgan fingerprint density at radius 3 is 2.58 bits per heavy atom. The summed E-state index contributed by atoms with van der Waals surface area (Å²) >= 11 is 0. The number of rotatable bonds is 4. The molecule has 0 saturated carbocycles. The van der Waals surface area contributed by atoms with E-state index in [4.69, 9.17) is 10.1 Å². The lowest BCUT2D eigenvalue weighted by molar-refractivity contribution is -0.136. The fourth-order valence-corrected chi connectivity index (χ4v) is 0.426. The fourth-order valence-electron chi connectivity index (χ4n) is 0.426. The molecule has 0 rings (SSSR count). The zero-order valence-corrected chi connectivity index (χ0v) is 7.63. The molecule has 0 aliphatic rings. The molecule has 0 aromatic rings. The quantitative estimate of drug-likeness (QED) is 0.636. The summed E-state index contributed by atoms with van der Waals surface area (Å²) in [4.78, 5) is 15.7. The van der Waals surface area contributed by atoms with Gasteiger partial charge in [0.25, 0.3) is 5.91 Å². The Bertz CT molecular complexity index is 184. The van der Waals surface area contributed by atoms with Crippen LogP contribution in [0.3, 0.4) is 0 Å². The van der Waals surface area contributed by atoms with Crippen LogP contribution in [0.15, 0.2) is 0 Å². The number of nitrogens with one attached hydrogen (secondary N) is 1. The van der Waals surface area contributed by atoms with Gasteiger partial charge in [0.15, 0.2) is 0 Å². The van der Waals surface area contributed by atoms with Crippen molar-refractivity contribution in [2.75, 3.05) is 6.61 Å². The number of nitriles is 1. The second kappa shape index (κ2) is 5.56. The van der Waals surface area contributed by atoms with Gasteiger partial charge < -0.3 is 0 Å². The van der Waals surface area contributed by atoms with E-state index in [2.05, 4.69) is 5.48 Å². The van der Waals surface area contributed by atoms with Gasteiger partial charge in [-0.15, -0.1) is 0 Å². The highest BCUT2D eigenvalue weighted by molar-refractivity contribution is 5.79. The average molecular weight is 170 g/mol. The first-order valence-corrected chi connectivity index (χ1v) is 3.89. The van der Waals surface area contributed by atoms with E-state index in [-0.39, 0.29) is 0 Å². The van der Waals surface area contributed by atoms with E-state index in [0.29, 0.717) is 12.5 Å². The van der Waals surface area contributed by atoms with Gasteiger partial charge in [0, 0.05) is 0 Å². The maximum Gasteiger partial charge on any atom is 0.260 e. The van der Waals surface area contributed by atoms with Gasteiger partial charge in [0.1, 0.15) is 5.92 Å². The van der Waals surface area contributed by atoms with Crippen LogP contribution in [0.2, 0.25) is 0 Å². The Labute approximate surface area is 72.5 Å². The third-order valence-electron chi connectivity index (χ3n) is 1.18. The van der Waals surface area contributed by atoms with E-state index in [1.54, 1.807) is 0 Å². The molecule has 0 aromatic heterocycles. The highest BCUT2D eigenvalue weighted by atomic mass is 16.6. The third-order valence-corrected chi connectivity index (χ3v) is 1.18. The molecule has 0 radical (unpaired) electrons. The number of hydrogen-bond acceptors (Lipinski definition) is 3. The van der Waals surface area contributed by atoms with Crippen LogP contribution in [0.25, 0.3) is 0 Å². The van der Waals surface area contributed by atoms with Crippen molar-refractivity contribution in [3.05, 3.63) is 0 Å². The maximum atomic E-state index is 10.9. The van der Waals surface area contributed by atoms with Crippen LogP contribution in [0, 0.1) is 23.2 Å². The molecule has 0 aliphatic carbocycles. The molecule has 0 aliphatic heterocycles. The molecule has 1 N–H and O–H groups in total. The van der Waals surface area contributed by atoms with Gasteiger partial charge in [0.2, 0.25) is 0 Å². The first-order valence-electron chi connectivity index (χ1n) is 3.89. The van der Waals surface area contributed by atoms with Crippen molar-refractivity contribution in [2.45, 2.75) is 20.8 Å². The average Bonchev–Trinajstić information content (AvgIpc) is 2.02. The minimum absolute atomic E-state index is 0.364. The van der Waals surface area contributed by atoms with E-state index in [0.717, 1.165) is 0 Å². The van der Waals surface area contributed by atoms with Crippen LogP contribution in [-0.2, 0) is 9.63 Å². The van der Waals surface area contributed by atoms with E-state index in [1.807, 2.05) is 19.9 Å². The van der Waals surface area contributed by atoms with Gasteiger partial charge in [-0.2, -0.15) is 5.26 Å². The Morgan fingerprint density at radius 2 is 2.17 bits per heavy atom. The topological polar surface area (TPSA) is 62.1 Å². The minimum atomic E-state index is -0.655. The molecule has 0 bridgehead atoms. The molecule has 0 aromatic carbocycles. The zero-order valence-electron chi connectivity index (χ0n) is 7.63. The van der Waals surface area contributed by atoms with Crippen LogP contribution < -0.4 is 5.48 Å². The molecule has 68 valence electrons. The Balaban J connectivity index is 3.53. The summed E-state index contributed by atoms with van der Waals surface area (Å²) in [5, 5.41) is 8.35. The van der Waals surface area contributed by atoms with Crippen LogP contribution in [0.4, 0.5) is 0 Å². The van der Waals surface area contributed by atoms with E-state index in [9.17, 15) is 4.79 Å². The maximum absolute atomic E-state index is 10.9. The first kappa shape index (κ1) is 10.9. The molecule has 1 unspecified atom stereocenters. The minimum Gasteiger partial charge on any atom is -0.273 e. The molecule has 1 amide bonds. The van der Waals surface area contributed by atoms with Gasteiger partial charge in [-0.1, -0.05) is 13.8 Å². The first-order chi connectivity index (χ1) is 5.57. The van der Waals surface area contributed by atoms with Crippen LogP contribution in [-0.4, -0.2) is 12.5 Å². The van der Waals surface area contributed by atoms with Crippen molar-refractivity contribution in [1.29, 1.82) is 5.26 Å². The van der Waals surface area contributed by atoms with Crippen molar-refractivity contribution < 1.29 is 9.63 Å². The zero-order chi connectivity index (χ0) is 9.56. The summed E-state index contributed by atoms with van der Waals surface area (Å²) in [5.74, 6) is -0.682. The lowest BCUT2D eigenvalue weighted by atomic mass is 10.2. The van der Waals surface area contributed by atoms with Crippen molar-refractivity contribution in [3.63, 3.8) is 0 Å². The second-order valence-electron chi connectivity index (χ2n) is 3.02. The van der Waals surface area contributed by atoms with E-state index >= 15 is 0 Å². The van der Waals surface area contributed by atoms with Crippen LogP contribution >= 0.6 is 0 Å². The molecule has 1 atom stereocenters. The molecule has 4 nitrogen and oxygen atoms in total. The summed E-state index contributed by atoms with van der Waals surface area (Å²) in [5.41, 5.74) is 2.20. The molecule has 0 spiro atoms. The number of nitrogens with zero attached hydrogens (tertiary/aromatic N) is 1. The van der Waals surface area contributed by atoms with Gasteiger partial charge >= 0.3 is 0 Å².